The molecular formula is C19H17BrN2O3S. The van der Waals surface area contributed by atoms with Crippen LogP contribution in [0, 0.1) is 0 Å². The minimum atomic E-state index is -0.123. The Balaban J connectivity index is 1.52. The number of nitrogens with one attached hydrogen (secondary N) is 1. The molecule has 0 aliphatic carbocycles. The van der Waals surface area contributed by atoms with Gasteiger partial charge >= 0.3 is 0 Å². The van der Waals surface area contributed by atoms with Crippen molar-refractivity contribution in [1.29, 1.82) is 0 Å². The normalized spacial score (nSPS) is 10.5. The third-order valence-corrected chi connectivity index (χ3v) is 4.76. The smallest absolute Gasteiger partial charge is 0.256 e. The lowest BCUT2D eigenvalue weighted by Gasteiger charge is -2.06. The van der Waals surface area contributed by atoms with Gasteiger partial charge in [0.05, 0.1) is 18.6 Å². The molecule has 0 saturated heterocycles. The molecule has 0 spiro atoms. The van der Waals surface area contributed by atoms with Crippen molar-refractivity contribution in [2.24, 2.45) is 0 Å². The molecule has 26 heavy (non-hydrogen) atoms. The molecule has 0 unspecified atom stereocenters. The maximum Gasteiger partial charge on any atom is 0.256 e. The monoisotopic (exact) mass is 432 g/mol. The minimum Gasteiger partial charge on any atom is -0.494 e. The molecule has 0 fully saturated rings. The molecule has 0 saturated carbocycles. The summed E-state index contributed by atoms with van der Waals surface area (Å²) in [6.07, 6.45) is 1.66. The molecule has 0 aliphatic rings. The van der Waals surface area contributed by atoms with Gasteiger partial charge in [0, 0.05) is 15.7 Å². The van der Waals surface area contributed by atoms with Crippen molar-refractivity contribution in [1.82, 2.24) is 4.98 Å². The number of halogens is 1. The second-order valence-corrected chi connectivity index (χ2v) is 7.13. The van der Waals surface area contributed by atoms with Crippen LogP contribution in [0.4, 0.5) is 5.69 Å². The average molecular weight is 433 g/mol. The summed E-state index contributed by atoms with van der Waals surface area (Å²) in [7, 11) is 0. The van der Waals surface area contributed by atoms with E-state index in [1.807, 2.05) is 55.5 Å². The fourth-order valence-electron chi connectivity index (χ4n) is 2.20. The first-order valence-electron chi connectivity index (χ1n) is 8.01. The summed E-state index contributed by atoms with van der Waals surface area (Å²) >= 11 is 4.65. The highest BCUT2D eigenvalue weighted by Gasteiger charge is 2.10. The first-order chi connectivity index (χ1) is 12.6. The fraction of sp³-hybridized carbons (Fsp3) is 0.158. The standard InChI is InChI=1S/C19H17BrN2O3S/c1-2-24-16-9-7-15(8-10-16)22-18(23)12-26-19-21-11-17(25-19)13-3-5-14(20)6-4-13/h3-11H,2,12H2,1H3,(H,22,23). The van der Waals surface area contributed by atoms with Crippen LogP contribution in [0.5, 0.6) is 5.75 Å². The minimum absolute atomic E-state index is 0.123. The highest BCUT2D eigenvalue weighted by atomic mass is 79.9. The molecule has 0 aliphatic heterocycles. The SMILES string of the molecule is CCOc1ccc(NC(=O)CSc2ncc(-c3ccc(Br)cc3)o2)cc1. The van der Waals surface area contributed by atoms with Gasteiger partial charge in [0.1, 0.15) is 5.75 Å². The molecule has 3 aromatic rings. The Morgan fingerprint density at radius 3 is 2.62 bits per heavy atom. The number of aromatic nitrogens is 1. The lowest BCUT2D eigenvalue weighted by atomic mass is 10.2. The predicted octanol–water partition coefficient (Wildman–Crippen LogP) is 5.23. The molecule has 0 radical (unpaired) electrons. The van der Waals surface area contributed by atoms with Gasteiger partial charge in [-0.05, 0) is 43.3 Å². The van der Waals surface area contributed by atoms with Crippen LogP contribution in [0.2, 0.25) is 0 Å². The molecule has 134 valence electrons. The van der Waals surface area contributed by atoms with Gasteiger partial charge in [-0.1, -0.05) is 39.8 Å². The summed E-state index contributed by atoms with van der Waals surface area (Å²) in [6, 6.07) is 15.0. The Hall–Kier alpha value is -2.25. The van der Waals surface area contributed by atoms with Crippen molar-refractivity contribution in [2.75, 3.05) is 17.7 Å². The number of rotatable bonds is 7. The molecule has 0 atom stereocenters. The van der Waals surface area contributed by atoms with Gasteiger partial charge in [0.25, 0.3) is 5.22 Å². The maximum absolute atomic E-state index is 12.1. The van der Waals surface area contributed by atoms with Crippen LogP contribution in [0.15, 0.2) is 68.8 Å². The largest absolute Gasteiger partial charge is 0.494 e. The Morgan fingerprint density at radius 2 is 1.92 bits per heavy atom. The van der Waals surface area contributed by atoms with Crippen molar-refractivity contribution in [3.63, 3.8) is 0 Å². The fourth-order valence-corrected chi connectivity index (χ4v) is 3.06. The Morgan fingerprint density at radius 1 is 1.19 bits per heavy atom. The lowest BCUT2D eigenvalue weighted by molar-refractivity contribution is -0.113. The molecule has 3 rings (SSSR count). The second kappa shape index (κ2) is 8.91. The number of thioether (sulfide) groups is 1. The molecule has 1 heterocycles. The van der Waals surface area contributed by atoms with Crippen molar-refractivity contribution in [3.8, 4) is 17.1 Å². The van der Waals surface area contributed by atoms with Crippen LogP contribution in [-0.2, 0) is 4.79 Å². The van der Waals surface area contributed by atoms with Gasteiger partial charge in [-0.25, -0.2) is 4.98 Å². The van der Waals surface area contributed by atoms with Crippen LogP contribution < -0.4 is 10.1 Å². The van der Waals surface area contributed by atoms with Gasteiger partial charge in [-0.2, -0.15) is 0 Å². The van der Waals surface area contributed by atoms with Crippen molar-refractivity contribution in [3.05, 3.63) is 59.2 Å². The zero-order valence-corrected chi connectivity index (χ0v) is 16.5. The molecule has 5 nitrogen and oxygen atoms in total. The zero-order chi connectivity index (χ0) is 18.4. The van der Waals surface area contributed by atoms with Crippen LogP contribution >= 0.6 is 27.7 Å². The summed E-state index contributed by atoms with van der Waals surface area (Å²) in [5.41, 5.74) is 1.66. The molecule has 7 heteroatoms. The average Bonchev–Trinajstić information content (AvgIpc) is 3.11. The second-order valence-electron chi connectivity index (χ2n) is 5.29. The van der Waals surface area contributed by atoms with Crippen molar-refractivity contribution in [2.45, 2.75) is 12.1 Å². The zero-order valence-electron chi connectivity index (χ0n) is 14.1. The van der Waals surface area contributed by atoms with Gasteiger partial charge in [-0.15, -0.1) is 0 Å². The van der Waals surface area contributed by atoms with E-state index in [0.717, 1.165) is 21.5 Å². The van der Waals surface area contributed by atoms with Gasteiger partial charge in [0.15, 0.2) is 5.76 Å². The van der Waals surface area contributed by atoms with E-state index in [4.69, 9.17) is 9.15 Å². The third-order valence-electron chi connectivity index (χ3n) is 3.39. The molecular weight excluding hydrogens is 416 g/mol. The van der Waals surface area contributed by atoms with E-state index in [-0.39, 0.29) is 11.7 Å². The Labute approximate surface area is 164 Å². The highest BCUT2D eigenvalue weighted by molar-refractivity contribution is 9.10. The summed E-state index contributed by atoms with van der Waals surface area (Å²) < 4.78 is 12.1. The lowest BCUT2D eigenvalue weighted by Crippen LogP contribution is -2.13. The number of ether oxygens (including phenoxy) is 1. The summed E-state index contributed by atoms with van der Waals surface area (Å²) in [5, 5.41) is 3.30. The number of hydrogen-bond donors (Lipinski definition) is 1. The molecule has 1 N–H and O–H groups in total. The Bertz CT molecular complexity index is 863. The summed E-state index contributed by atoms with van der Waals surface area (Å²) in [5.74, 6) is 1.54. The maximum atomic E-state index is 12.1. The van der Waals surface area contributed by atoms with Crippen molar-refractivity contribution < 1.29 is 13.9 Å². The van der Waals surface area contributed by atoms with Crippen LogP contribution in [0.1, 0.15) is 6.92 Å². The third kappa shape index (κ3) is 5.12. The quantitative estimate of drug-likeness (QED) is 0.517. The van der Waals surface area contributed by atoms with E-state index in [9.17, 15) is 4.79 Å². The number of anilines is 1. The van der Waals surface area contributed by atoms with E-state index >= 15 is 0 Å². The number of amides is 1. The van der Waals surface area contributed by atoms with E-state index in [0.29, 0.717) is 17.6 Å². The topological polar surface area (TPSA) is 64.4 Å². The van der Waals surface area contributed by atoms with E-state index in [1.54, 1.807) is 6.20 Å². The van der Waals surface area contributed by atoms with Gasteiger partial charge in [-0.3, -0.25) is 4.79 Å². The number of carbonyl (C=O) groups excluding carboxylic acids is 1. The van der Waals surface area contributed by atoms with Crippen LogP contribution in [0.3, 0.4) is 0 Å². The summed E-state index contributed by atoms with van der Waals surface area (Å²) in [6.45, 7) is 2.54. The van der Waals surface area contributed by atoms with Gasteiger partial charge < -0.3 is 14.5 Å². The first kappa shape index (κ1) is 18.5. The first-order valence-corrected chi connectivity index (χ1v) is 9.79. The number of oxazole rings is 1. The van der Waals surface area contributed by atoms with E-state index in [2.05, 4.69) is 26.2 Å². The van der Waals surface area contributed by atoms with Crippen LogP contribution in [-0.4, -0.2) is 23.3 Å². The van der Waals surface area contributed by atoms with E-state index < -0.39 is 0 Å². The molecule has 1 aromatic heterocycles. The summed E-state index contributed by atoms with van der Waals surface area (Å²) in [4.78, 5) is 16.3. The van der Waals surface area contributed by atoms with Crippen LogP contribution in [0.25, 0.3) is 11.3 Å². The molecule has 0 bridgehead atoms. The van der Waals surface area contributed by atoms with E-state index in [1.165, 1.54) is 11.8 Å². The molecule has 1 amide bonds. The number of carbonyl (C=O) groups is 1. The number of nitrogens with zero attached hydrogens (tertiary/aromatic N) is 1. The van der Waals surface area contributed by atoms with Crippen molar-refractivity contribution >= 4 is 39.3 Å². The predicted molar refractivity (Wildman–Crippen MR) is 107 cm³/mol. The number of benzene rings is 2. The van der Waals surface area contributed by atoms with Gasteiger partial charge in [0.2, 0.25) is 5.91 Å². The number of hydrogen-bond acceptors (Lipinski definition) is 5. The highest BCUT2D eigenvalue weighted by Crippen LogP contribution is 2.26. The Kier molecular flexibility index (Phi) is 6.35. The molecule has 2 aromatic carbocycles.